The van der Waals surface area contributed by atoms with Gasteiger partial charge in [-0.3, -0.25) is 18.7 Å². The van der Waals surface area contributed by atoms with E-state index in [2.05, 4.69) is 0 Å². The first kappa shape index (κ1) is 21.9. The van der Waals surface area contributed by atoms with Gasteiger partial charge in [0, 0.05) is 13.6 Å². The van der Waals surface area contributed by atoms with Crippen molar-refractivity contribution < 1.29 is 19.1 Å². The van der Waals surface area contributed by atoms with Crippen molar-refractivity contribution in [3.05, 3.63) is 56.7 Å². The van der Waals surface area contributed by atoms with E-state index in [0.29, 0.717) is 18.6 Å². The largest absolute Gasteiger partial charge is 0.479 e. The second kappa shape index (κ2) is 9.72. The quantitative estimate of drug-likeness (QED) is 0.492. The minimum atomic E-state index is -0.903. The third-order valence-electron chi connectivity index (χ3n) is 4.31. The number of hydrogen-bond donors (Lipinski definition) is 1. The second-order valence-electron chi connectivity index (χ2n) is 6.42. The van der Waals surface area contributed by atoms with Crippen molar-refractivity contribution in [2.75, 3.05) is 12.3 Å². The third kappa shape index (κ3) is 4.92. The Balaban J connectivity index is 2.17. The topological polar surface area (TPSA) is 123 Å². The summed E-state index contributed by atoms with van der Waals surface area (Å²) in [6.45, 7) is 3.14. The van der Waals surface area contributed by atoms with E-state index in [1.54, 1.807) is 31.2 Å². The van der Waals surface area contributed by atoms with Crippen LogP contribution in [0.15, 0.2) is 39.9 Å². The highest BCUT2D eigenvalue weighted by molar-refractivity contribution is 6.01. The molecule has 0 aliphatic heterocycles. The maximum absolute atomic E-state index is 12.6. The Bertz CT molecular complexity index is 994. The van der Waals surface area contributed by atoms with Crippen LogP contribution in [0.25, 0.3) is 0 Å². The summed E-state index contributed by atoms with van der Waals surface area (Å²) in [7, 11) is 1.26. The molecule has 1 aromatic heterocycles. The SMILES string of the molecule is CCCn1c(N)c(C(=O)COC(=O)[C@H](CC)Oc2ccccc2)c(=O)n(C)c1=O. The molecule has 0 radical (unpaired) electrons. The lowest BCUT2D eigenvalue weighted by atomic mass is 10.2. The average Bonchev–Trinajstić information content (AvgIpc) is 2.72. The summed E-state index contributed by atoms with van der Waals surface area (Å²) in [4.78, 5) is 49.4. The number of esters is 1. The number of carbonyl (C=O) groups excluding carboxylic acids is 2. The fourth-order valence-electron chi connectivity index (χ4n) is 2.75. The molecular formula is C20H25N3O6. The molecule has 9 nitrogen and oxygen atoms in total. The molecule has 1 atom stereocenters. The summed E-state index contributed by atoms with van der Waals surface area (Å²) in [5.41, 5.74) is 4.10. The standard InChI is InChI=1S/C20H25N3O6/c1-4-11-23-17(21)16(18(25)22(3)20(23)27)14(24)12-28-19(26)15(5-2)29-13-9-7-6-8-10-13/h6-10,15H,4-5,11-12,21H2,1-3H3/t15-/m0/s1. The van der Waals surface area contributed by atoms with Crippen LogP contribution in [0, 0.1) is 0 Å². The first-order chi connectivity index (χ1) is 13.8. The number of hydrogen-bond acceptors (Lipinski definition) is 7. The average molecular weight is 403 g/mol. The molecule has 2 rings (SSSR count). The van der Waals surface area contributed by atoms with Crippen LogP contribution in [0.3, 0.4) is 0 Å². The summed E-state index contributed by atoms with van der Waals surface area (Å²) in [6, 6.07) is 8.74. The number of ketones is 1. The number of ether oxygens (including phenoxy) is 2. The summed E-state index contributed by atoms with van der Waals surface area (Å²) in [5, 5.41) is 0. The van der Waals surface area contributed by atoms with Crippen LogP contribution in [0.1, 0.15) is 37.0 Å². The first-order valence-electron chi connectivity index (χ1n) is 9.32. The lowest BCUT2D eigenvalue weighted by molar-refractivity contribution is -0.150. The molecule has 29 heavy (non-hydrogen) atoms. The summed E-state index contributed by atoms with van der Waals surface area (Å²) in [5.74, 6) is -1.25. The smallest absolute Gasteiger partial charge is 0.347 e. The van der Waals surface area contributed by atoms with E-state index in [1.807, 2.05) is 13.0 Å². The van der Waals surface area contributed by atoms with E-state index in [0.717, 1.165) is 9.13 Å². The Morgan fingerprint density at radius 3 is 2.38 bits per heavy atom. The van der Waals surface area contributed by atoms with E-state index in [9.17, 15) is 19.2 Å². The molecule has 0 aliphatic rings. The Morgan fingerprint density at radius 1 is 1.14 bits per heavy atom. The molecule has 0 fully saturated rings. The fourth-order valence-corrected chi connectivity index (χ4v) is 2.75. The Labute approximate surface area is 167 Å². The van der Waals surface area contributed by atoms with Crippen molar-refractivity contribution in [1.29, 1.82) is 0 Å². The molecule has 1 heterocycles. The van der Waals surface area contributed by atoms with Gasteiger partial charge in [-0.25, -0.2) is 9.59 Å². The molecule has 2 N–H and O–H groups in total. The van der Waals surface area contributed by atoms with E-state index in [4.69, 9.17) is 15.2 Å². The zero-order chi connectivity index (χ0) is 21.6. The van der Waals surface area contributed by atoms with Gasteiger partial charge in [0.15, 0.2) is 12.7 Å². The van der Waals surface area contributed by atoms with Gasteiger partial charge < -0.3 is 15.2 Å². The molecule has 0 aliphatic carbocycles. The van der Waals surface area contributed by atoms with E-state index >= 15 is 0 Å². The predicted octanol–water partition coefficient (Wildman–Crippen LogP) is 1.12. The lowest BCUT2D eigenvalue weighted by Gasteiger charge is -2.17. The van der Waals surface area contributed by atoms with Crippen LogP contribution in [-0.4, -0.2) is 33.6 Å². The Hall–Kier alpha value is -3.36. The molecule has 0 unspecified atom stereocenters. The van der Waals surface area contributed by atoms with Gasteiger partial charge in [0.1, 0.15) is 17.1 Å². The summed E-state index contributed by atoms with van der Waals surface area (Å²) >= 11 is 0. The fraction of sp³-hybridized carbons (Fsp3) is 0.400. The zero-order valence-electron chi connectivity index (χ0n) is 16.7. The molecule has 156 valence electrons. The van der Waals surface area contributed by atoms with E-state index < -0.39 is 35.7 Å². The predicted molar refractivity (Wildman–Crippen MR) is 107 cm³/mol. The number of Topliss-reactive ketones (excluding diaryl/α,β-unsaturated/α-hetero) is 1. The number of para-hydroxylation sites is 1. The van der Waals surface area contributed by atoms with Gasteiger partial charge in [-0.05, 0) is 25.0 Å². The minimum absolute atomic E-state index is 0.228. The second-order valence-corrected chi connectivity index (χ2v) is 6.42. The van der Waals surface area contributed by atoms with Crippen LogP contribution >= 0.6 is 0 Å². The molecule has 0 saturated carbocycles. The van der Waals surface area contributed by atoms with Crippen LogP contribution in [-0.2, 0) is 23.1 Å². The van der Waals surface area contributed by atoms with Crippen LogP contribution < -0.4 is 21.7 Å². The van der Waals surface area contributed by atoms with Gasteiger partial charge in [-0.2, -0.15) is 0 Å². The number of nitrogens with zero attached hydrogens (tertiary/aromatic N) is 2. The van der Waals surface area contributed by atoms with Crippen LogP contribution in [0.5, 0.6) is 5.75 Å². The number of nitrogens with two attached hydrogens (primary N) is 1. The number of nitrogen functional groups attached to an aromatic ring is 1. The van der Waals surface area contributed by atoms with Crippen molar-refractivity contribution in [2.24, 2.45) is 7.05 Å². The number of carbonyl (C=O) groups is 2. The normalized spacial score (nSPS) is 11.7. The Kier molecular flexibility index (Phi) is 7.35. The van der Waals surface area contributed by atoms with E-state index in [1.165, 1.54) is 7.05 Å². The summed E-state index contributed by atoms with van der Waals surface area (Å²) < 4.78 is 12.6. The van der Waals surface area contributed by atoms with Crippen LogP contribution in [0.2, 0.25) is 0 Å². The van der Waals surface area contributed by atoms with Gasteiger partial charge in [0.2, 0.25) is 5.78 Å². The number of benzene rings is 1. The van der Waals surface area contributed by atoms with Gasteiger partial charge in [-0.15, -0.1) is 0 Å². The number of anilines is 1. The number of aromatic nitrogens is 2. The van der Waals surface area contributed by atoms with Gasteiger partial charge in [0.05, 0.1) is 0 Å². The van der Waals surface area contributed by atoms with Crippen molar-refractivity contribution in [3.63, 3.8) is 0 Å². The van der Waals surface area contributed by atoms with Crippen molar-refractivity contribution >= 4 is 17.6 Å². The van der Waals surface area contributed by atoms with Crippen molar-refractivity contribution in [3.8, 4) is 5.75 Å². The van der Waals surface area contributed by atoms with Crippen molar-refractivity contribution in [2.45, 2.75) is 39.3 Å². The van der Waals surface area contributed by atoms with E-state index in [-0.39, 0.29) is 17.9 Å². The third-order valence-corrected chi connectivity index (χ3v) is 4.31. The molecule has 0 amide bonds. The summed E-state index contributed by atoms with van der Waals surface area (Å²) in [6.07, 6.45) is 0.00654. The highest BCUT2D eigenvalue weighted by Gasteiger charge is 2.25. The highest BCUT2D eigenvalue weighted by Crippen LogP contribution is 2.14. The molecule has 2 aromatic rings. The van der Waals surface area contributed by atoms with Gasteiger partial charge in [-0.1, -0.05) is 32.0 Å². The lowest BCUT2D eigenvalue weighted by Crippen LogP contribution is -2.43. The molecule has 0 bridgehead atoms. The maximum atomic E-state index is 12.6. The highest BCUT2D eigenvalue weighted by atomic mass is 16.6. The molecule has 9 heteroatoms. The molecular weight excluding hydrogens is 378 g/mol. The zero-order valence-corrected chi connectivity index (χ0v) is 16.7. The van der Waals surface area contributed by atoms with Gasteiger partial charge >= 0.3 is 11.7 Å². The minimum Gasteiger partial charge on any atom is -0.479 e. The molecule has 1 aromatic carbocycles. The Morgan fingerprint density at radius 2 is 1.79 bits per heavy atom. The first-order valence-corrected chi connectivity index (χ1v) is 9.32. The number of rotatable bonds is 9. The van der Waals surface area contributed by atoms with Crippen LogP contribution in [0.4, 0.5) is 5.82 Å². The maximum Gasteiger partial charge on any atom is 0.347 e. The molecule has 0 spiro atoms. The van der Waals surface area contributed by atoms with Crippen molar-refractivity contribution in [1.82, 2.24) is 9.13 Å². The van der Waals surface area contributed by atoms with Gasteiger partial charge in [0.25, 0.3) is 5.56 Å². The molecule has 0 saturated heterocycles. The monoisotopic (exact) mass is 403 g/mol.